The standard InChI is InChI=1S/C13H21N3/c1-9(2)11-8-10(3)15-12(16-11)13(14)6-4-5-7-13/h8-9H,4-7,14H2,1-3H3. The van der Waals surface area contributed by atoms with Crippen LogP contribution in [0.5, 0.6) is 0 Å². The highest BCUT2D eigenvalue weighted by Gasteiger charge is 2.34. The minimum Gasteiger partial charge on any atom is -0.319 e. The maximum atomic E-state index is 6.39. The molecule has 1 aliphatic rings. The fourth-order valence-electron chi connectivity index (χ4n) is 2.34. The monoisotopic (exact) mass is 219 g/mol. The van der Waals surface area contributed by atoms with E-state index in [2.05, 4.69) is 29.9 Å². The molecule has 0 amide bonds. The van der Waals surface area contributed by atoms with Crippen LogP contribution in [0.15, 0.2) is 6.07 Å². The second kappa shape index (κ2) is 4.13. The van der Waals surface area contributed by atoms with Crippen LogP contribution in [0.25, 0.3) is 0 Å². The van der Waals surface area contributed by atoms with Crippen LogP contribution < -0.4 is 5.73 Å². The molecule has 1 heterocycles. The van der Waals surface area contributed by atoms with Crippen molar-refractivity contribution >= 4 is 0 Å². The summed E-state index contributed by atoms with van der Waals surface area (Å²) in [5.74, 6) is 1.29. The summed E-state index contributed by atoms with van der Waals surface area (Å²) in [6, 6.07) is 2.06. The van der Waals surface area contributed by atoms with E-state index in [0.717, 1.165) is 30.1 Å². The third kappa shape index (κ3) is 2.09. The summed E-state index contributed by atoms with van der Waals surface area (Å²) >= 11 is 0. The van der Waals surface area contributed by atoms with E-state index >= 15 is 0 Å². The first-order valence-corrected chi connectivity index (χ1v) is 6.16. The van der Waals surface area contributed by atoms with Gasteiger partial charge in [-0.15, -0.1) is 0 Å². The van der Waals surface area contributed by atoms with Crippen LogP contribution in [0.4, 0.5) is 0 Å². The summed E-state index contributed by atoms with van der Waals surface area (Å²) in [7, 11) is 0. The lowest BCUT2D eigenvalue weighted by atomic mass is 9.97. The molecule has 3 nitrogen and oxygen atoms in total. The van der Waals surface area contributed by atoms with Gasteiger partial charge in [0, 0.05) is 11.4 Å². The van der Waals surface area contributed by atoms with E-state index in [9.17, 15) is 0 Å². The second-order valence-electron chi connectivity index (χ2n) is 5.28. The van der Waals surface area contributed by atoms with E-state index in [1.165, 1.54) is 12.8 Å². The average molecular weight is 219 g/mol. The quantitative estimate of drug-likeness (QED) is 0.832. The lowest BCUT2D eigenvalue weighted by molar-refractivity contribution is 0.427. The first-order chi connectivity index (χ1) is 7.51. The smallest absolute Gasteiger partial charge is 0.148 e. The molecule has 1 aliphatic carbocycles. The predicted molar refractivity (Wildman–Crippen MR) is 65.2 cm³/mol. The Morgan fingerprint density at radius 3 is 2.44 bits per heavy atom. The van der Waals surface area contributed by atoms with Gasteiger partial charge in [0.25, 0.3) is 0 Å². The van der Waals surface area contributed by atoms with Crippen molar-refractivity contribution in [1.82, 2.24) is 9.97 Å². The molecule has 0 aromatic carbocycles. The number of hydrogen-bond acceptors (Lipinski definition) is 3. The van der Waals surface area contributed by atoms with Crippen molar-refractivity contribution in [3.05, 3.63) is 23.3 Å². The number of aromatic nitrogens is 2. The second-order valence-corrected chi connectivity index (χ2v) is 5.28. The highest BCUT2D eigenvalue weighted by molar-refractivity contribution is 5.18. The van der Waals surface area contributed by atoms with E-state index in [1.54, 1.807) is 0 Å². The van der Waals surface area contributed by atoms with Crippen molar-refractivity contribution in [2.75, 3.05) is 0 Å². The lowest BCUT2D eigenvalue weighted by Crippen LogP contribution is -2.35. The first-order valence-electron chi connectivity index (χ1n) is 6.16. The van der Waals surface area contributed by atoms with Crippen molar-refractivity contribution in [2.45, 2.75) is 57.9 Å². The number of nitrogens with zero attached hydrogens (tertiary/aromatic N) is 2. The molecule has 0 bridgehead atoms. The molecule has 0 radical (unpaired) electrons. The average Bonchev–Trinajstić information content (AvgIpc) is 2.65. The van der Waals surface area contributed by atoms with Gasteiger partial charge in [-0.3, -0.25) is 0 Å². The normalized spacial score (nSPS) is 19.3. The molecule has 1 aromatic heterocycles. The molecular formula is C13H21N3. The van der Waals surface area contributed by atoms with Gasteiger partial charge in [0.2, 0.25) is 0 Å². The summed E-state index contributed by atoms with van der Waals surface area (Å²) < 4.78 is 0. The van der Waals surface area contributed by atoms with E-state index in [0.29, 0.717) is 5.92 Å². The Kier molecular flexibility index (Phi) is 2.98. The van der Waals surface area contributed by atoms with Crippen molar-refractivity contribution in [3.8, 4) is 0 Å². The van der Waals surface area contributed by atoms with E-state index in [-0.39, 0.29) is 5.54 Å². The topological polar surface area (TPSA) is 51.8 Å². The molecule has 2 rings (SSSR count). The largest absolute Gasteiger partial charge is 0.319 e. The molecule has 2 N–H and O–H groups in total. The van der Waals surface area contributed by atoms with Crippen molar-refractivity contribution in [3.63, 3.8) is 0 Å². The zero-order valence-electron chi connectivity index (χ0n) is 10.5. The molecule has 0 unspecified atom stereocenters. The molecule has 1 saturated carbocycles. The minimum absolute atomic E-state index is 0.268. The third-order valence-corrected chi connectivity index (χ3v) is 3.41. The number of rotatable bonds is 2. The Morgan fingerprint density at radius 1 is 1.25 bits per heavy atom. The Balaban J connectivity index is 2.40. The van der Waals surface area contributed by atoms with E-state index in [4.69, 9.17) is 5.73 Å². The Hall–Kier alpha value is -0.960. The van der Waals surface area contributed by atoms with Gasteiger partial charge >= 0.3 is 0 Å². The van der Waals surface area contributed by atoms with Gasteiger partial charge in [0.1, 0.15) is 5.82 Å². The molecular weight excluding hydrogens is 198 g/mol. The molecule has 1 aromatic rings. The van der Waals surface area contributed by atoms with Crippen LogP contribution >= 0.6 is 0 Å². The SMILES string of the molecule is Cc1cc(C(C)C)nc(C2(N)CCCC2)n1. The molecule has 88 valence electrons. The van der Waals surface area contributed by atoms with Crippen LogP contribution in [0.1, 0.15) is 62.7 Å². The minimum atomic E-state index is -0.268. The molecule has 3 heteroatoms. The van der Waals surface area contributed by atoms with Crippen LogP contribution in [0, 0.1) is 6.92 Å². The Labute approximate surface area is 97.5 Å². The van der Waals surface area contributed by atoms with Crippen molar-refractivity contribution < 1.29 is 0 Å². The van der Waals surface area contributed by atoms with Gasteiger partial charge in [-0.25, -0.2) is 9.97 Å². The summed E-state index contributed by atoms with van der Waals surface area (Å²) in [5.41, 5.74) is 8.27. The maximum Gasteiger partial charge on any atom is 0.148 e. The Morgan fingerprint density at radius 2 is 1.88 bits per heavy atom. The fourth-order valence-corrected chi connectivity index (χ4v) is 2.34. The zero-order chi connectivity index (χ0) is 11.8. The first kappa shape index (κ1) is 11.5. The number of nitrogens with two attached hydrogens (primary N) is 1. The maximum absolute atomic E-state index is 6.39. The molecule has 0 atom stereocenters. The van der Waals surface area contributed by atoms with E-state index < -0.39 is 0 Å². The van der Waals surface area contributed by atoms with Gasteiger partial charge in [-0.2, -0.15) is 0 Å². The lowest BCUT2D eigenvalue weighted by Gasteiger charge is -2.23. The molecule has 0 spiro atoms. The molecule has 16 heavy (non-hydrogen) atoms. The van der Waals surface area contributed by atoms with Gasteiger partial charge in [-0.05, 0) is 31.7 Å². The van der Waals surface area contributed by atoms with Crippen LogP contribution in [-0.4, -0.2) is 9.97 Å². The fraction of sp³-hybridized carbons (Fsp3) is 0.692. The van der Waals surface area contributed by atoms with Crippen molar-refractivity contribution in [1.29, 1.82) is 0 Å². The van der Waals surface area contributed by atoms with E-state index in [1.807, 2.05) is 6.92 Å². The highest BCUT2D eigenvalue weighted by atomic mass is 15.0. The molecule has 1 fully saturated rings. The third-order valence-electron chi connectivity index (χ3n) is 3.41. The predicted octanol–water partition coefficient (Wildman–Crippen LogP) is 2.64. The van der Waals surface area contributed by atoms with Gasteiger partial charge < -0.3 is 5.73 Å². The van der Waals surface area contributed by atoms with Crippen LogP contribution in [0.2, 0.25) is 0 Å². The summed E-state index contributed by atoms with van der Waals surface area (Å²) in [6.45, 7) is 6.34. The van der Waals surface area contributed by atoms with Gasteiger partial charge in [0.05, 0.1) is 5.54 Å². The summed E-state index contributed by atoms with van der Waals surface area (Å²) in [6.07, 6.45) is 4.44. The van der Waals surface area contributed by atoms with Crippen LogP contribution in [0.3, 0.4) is 0 Å². The number of aryl methyl sites for hydroxylation is 1. The number of hydrogen-bond donors (Lipinski definition) is 1. The van der Waals surface area contributed by atoms with Crippen LogP contribution in [-0.2, 0) is 5.54 Å². The van der Waals surface area contributed by atoms with Gasteiger partial charge in [0.15, 0.2) is 0 Å². The molecule has 0 aliphatic heterocycles. The van der Waals surface area contributed by atoms with Gasteiger partial charge in [-0.1, -0.05) is 26.7 Å². The zero-order valence-corrected chi connectivity index (χ0v) is 10.5. The molecule has 0 saturated heterocycles. The summed E-state index contributed by atoms with van der Waals surface area (Å²) in [4.78, 5) is 9.18. The van der Waals surface area contributed by atoms with Crippen molar-refractivity contribution in [2.24, 2.45) is 5.73 Å². The summed E-state index contributed by atoms with van der Waals surface area (Å²) in [5, 5.41) is 0. The Bertz CT molecular complexity index is 379. The highest BCUT2D eigenvalue weighted by Crippen LogP contribution is 2.34.